The Bertz CT molecular complexity index is 806. The summed E-state index contributed by atoms with van der Waals surface area (Å²) in [6.45, 7) is 4.89. The molecular formula is C23H34N4O3S. The lowest BCUT2D eigenvalue weighted by Crippen LogP contribution is -2.56. The van der Waals surface area contributed by atoms with E-state index < -0.39 is 5.54 Å². The van der Waals surface area contributed by atoms with E-state index in [1.807, 2.05) is 21.7 Å². The molecular weight excluding hydrogens is 412 g/mol. The molecule has 2 atom stereocenters. The van der Waals surface area contributed by atoms with Gasteiger partial charge in [-0.2, -0.15) is 11.3 Å². The summed E-state index contributed by atoms with van der Waals surface area (Å²) in [4.78, 5) is 44.8. The first-order valence-corrected chi connectivity index (χ1v) is 12.6. The molecule has 1 aromatic rings. The normalized spacial score (nSPS) is 27.9. The lowest BCUT2D eigenvalue weighted by atomic mass is 9.74. The van der Waals surface area contributed by atoms with Crippen LogP contribution in [0, 0.1) is 5.92 Å². The van der Waals surface area contributed by atoms with Crippen LogP contribution in [0.1, 0.15) is 62.2 Å². The summed E-state index contributed by atoms with van der Waals surface area (Å²) in [5.74, 6) is 0.0746. The minimum absolute atomic E-state index is 0.0531. The fourth-order valence-electron chi connectivity index (χ4n) is 5.66. The summed E-state index contributed by atoms with van der Waals surface area (Å²) in [6, 6.07) is 2.07. The van der Waals surface area contributed by atoms with Crippen molar-refractivity contribution in [3.8, 4) is 0 Å². The zero-order chi connectivity index (χ0) is 22.0. The zero-order valence-electron chi connectivity index (χ0n) is 18.6. The summed E-state index contributed by atoms with van der Waals surface area (Å²) in [6.07, 6.45) is 6.12. The van der Waals surface area contributed by atoms with E-state index in [4.69, 9.17) is 0 Å². The Morgan fingerprint density at radius 1 is 1.23 bits per heavy atom. The number of hydrogen-bond donors (Lipinski definition) is 1. The second-order valence-corrected chi connectivity index (χ2v) is 10.0. The lowest BCUT2D eigenvalue weighted by molar-refractivity contribution is -0.134. The van der Waals surface area contributed by atoms with Crippen molar-refractivity contribution in [3.63, 3.8) is 0 Å². The first-order valence-electron chi connectivity index (χ1n) is 11.6. The van der Waals surface area contributed by atoms with Gasteiger partial charge in [-0.1, -0.05) is 13.3 Å². The summed E-state index contributed by atoms with van der Waals surface area (Å²) < 4.78 is 0. The van der Waals surface area contributed by atoms with E-state index in [1.165, 1.54) is 22.7 Å². The molecule has 4 rings (SSSR count). The standard InChI is InChI=1S/C23H34N4O3S/c1-3-10-23(18-6-12-26(13-7-18)20(28)17-9-15-31-16-17)21(29)27(22(30)24-23)14-8-19-5-4-11-25(19)2/h9,15-16,18-19H,3-8,10-14H2,1-2H3,(H,24,30)/t19-,23-/m0/s1. The highest BCUT2D eigenvalue weighted by molar-refractivity contribution is 7.08. The summed E-state index contributed by atoms with van der Waals surface area (Å²) >= 11 is 1.53. The Morgan fingerprint density at radius 3 is 2.61 bits per heavy atom. The van der Waals surface area contributed by atoms with Crippen LogP contribution >= 0.6 is 11.3 Å². The van der Waals surface area contributed by atoms with Gasteiger partial charge in [-0.15, -0.1) is 0 Å². The number of thiophene rings is 1. The Hall–Kier alpha value is -1.93. The van der Waals surface area contributed by atoms with E-state index in [0.717, 1.165) is 44.2 Å². The van der Waals surface area contributed by atoms with Crippen molar-refractivity contribution < 1.29 is 14.4 Å². The minimum atomic E-state index is -0.815. The van der Waals surface area contributed by atoms with Crippen LogP contribution in [0.5, 0.6) is 0 Å². The number of carbonyl (C=O) groups is 3. The molecule has 0 unspecified atom stereocenters. The van der Waals surface area contributed by atoms with Crippen molar-refractivity contribution in [1.29, 1.82) is 0 Å². The molecule has 0 radical (unpaired) electrons. The lowest BCUT2D eigenvalue weighted by Gasteiger charge is -2.41. The SMILES string of the molecule is CCC[C@@]1(C2CCN(C(=O)c3ccsc3)CC2)NC(=O)N(CC[C@@H]2CCCN2C)C1=O. The first-order chi connectivity index (χ1) is 15.0. The molecule has 3 aliphatic rings. The van der Waals surface area contributed by atoms with Gasteiger partial charge in [0.05, 0.1) is 5.56 Å². The molecule has 3 fully saturated rings. The number of amides is 4. The third kappa shape index (κ3) is 4.24. The molecule has 0 spiro atoms. The molecule has 0 bridgehead atoms. The van der Waals surface area contributed by atoms with Gasteiger partial charge in [-0.25, -0.2) is 4.79 Å². The number of piperidine rings is 1. The molecule has 4 amide bonds. The molecule has 0 aliphatic carbocycles. The van der Waals surface area contributed by atoms with E-state index >= 15 is 0 Å². The van der Waals surface area contributed by atoms with Gasteiger partial charge in [-0.3, -0.25) is 14.5 Å². The maximum atomic E-state index is 13.6. The average Bonchev–Trinajstić information content (AvgIpc) is 3.49. The van der Waals surface area contributed by atoms with Gasteiger partial charge in [-0.05, 0) is 69.5 Å². The molecule has 0 aromatic carbocycles. The molecule has 8 heteroatoms. The number of likely N-dealkylation sites (tertiary alicyclic amines) is 2. The van der Waals surface area contributed by atoms with Crippen LogP contribution < -0.4 is 5.32 Å². The first kappa shape index (κ1) is 22.3. The third-order valence-electron chi connectivity index (χ3n) is 7.45. The van der Waals surface area contributed by atoms with Crippen LogP contribution in [0.3, 0.4) is 0 Å². The number of imide groups is 1. The predicted octanol–water partition coefficient (Wildman–Crippen LogP) is 3.18. The van der Waals surface area contributed by atoms with Gasteiger partial charge in [0.15, 0.2) is 0 Å². The molecule has 170 valence electrons. The molecule has 3 saturated heterocycles. The molecule has 7 nitrogen and oxygen atoms in total. The van der Waals surface area contributed by atoms with Crippen molar-refractivity contribution >= 4 is 29.2 Å². The topological polar surface area (TPSA) is 73.0 Å². The van der Waals surface area contributed by atoms with E-state index in [0.29, 0.717) is 32.1 Å². The van der Waals surface area contributed by atoms with Crippen molar-refractivity contribution in [2.24, 2.45) is 5.92 Å². The highest BCUT2D eigenvalue weighted by atomic mass is 32.1. The Morgan fingerprint density at radius 2 is 2.00 bits per heavy atom. The fourth-order valence-corrected chi connectivity index (χ4v) is 6.29. The second-order valence-electron chi connectivity index (χ2n) is 9.25. The molecule has 4 heterocycles. The highest BCUT2D eigenvalue weighted by Crippen LogP contribution is 2.37. The van der Waals surface area contributed by atoms with Gasteiger partial charge in [0.25, 0.3) is 11.8 Å². The minimum Gasteiger partial charge on any atom is -0.339 e. The number of nitrogens with zero attached hydrogens (tertiary/aromatic N) is 3. The van der Waals surface area contributed by atoms with Crippen LogP contribution in [0.25, 0.3) is 0 Å². The maximum Gasteiger partial charge on any atom is 0.325 e. The van der Waals surface area contributed by atoms with E-state index in [-0.39, 0.29) is 23.8 Å². The van der Waals surface area contributed by atoms with Gasteiger partial charge >= 0.3 is 6.03 Å². The van der Waals surface area contributed by atoms with Crippen molar-refractivity contribution in [1.82, 2.24) is 20.0 Å². The molecule has 3 aliphatic heterocycles. The molecule has 0 saturated carbocycles. The molecule has 31 heavy (non-hydrogen) atoms. The van der Waals surface area contributed by atoms with Crippen molar-refractivity contribution in [2.45, 2.75) is 63.5 Å². The Labute approximate surface area is 188 Å². The highest BCUT2D eigenvalue weighted by Gasteiger charge is 2.55. The number of carbonyl (C=O) groups excluding carboxylic acids is 3. The van der Waals surface area contributed by atoms with Crippen LogP contribution in [0.4, 0.5) is 4.79 Å². The monoisotopic (exact) mass is 446 g/mol. The largest absolute Gasteiger partial charge is 0.339 e. The van der Waals surface area contributed by atoms with E-state index in [9.17, 15) is 14.4 Å². The van der Waals surface area contributed by atoms with Gasteiger partial charge in [0.1, 0.15) is 5.54 Å². The van der Waals surface area contributed by atoms with Gasteiger partial charge < -0.3 is 15.1 Å². The van der Waals surface area contributed by atoms with Gasteiger partial charge in [0, 0.05) is 31.1 Å². The Kier molecular flexibility index (Phi) is 6.67. The smallest absolute Gasteiger partial charge is 0.325 e. The quantitative estimate of drug-likeness (QED) is 0.653. The summed E-state index contributed by atoms with van der Waals surface area (Å²) in [5.41, 5.74) is -0.0784. The number of rotatable bonds is 7. The fraction of sp³-hybridized carbons (Fsp3) is 0.696. The predicted molar refractivity (Wildman–Crippen MR) is 121 cm³/mol. The molecule has 1 N–H and O–H groups in total. The summed E-state index contributed by atoms with van der Waals surface area (Å²) in [5, 5.41) is 6.92. The number of urea groups is 1. The number of hydrogen-bond acceptors (Lipinski definition) is 5. The van der Waals surface area contributed by atoms with Crippen LogP contribution in [-0.4, -0.2) is 77.4 Å². The number of nitrogens with one attached hydrogen (secondary N) is 1. The summed E-state index contributed by atoms with van der Waals surface area (Å²) in [7, 11) is 2.12. The van der Waals surface area contributed by atoms with Gasteiger partial charge in [0.2, 0.25) is 0 Å². The van der Waals surface area contributed by atoms with Crippen molar-refractivity contribution in [2.75, 3.05) is 33.2 Å². The second kappa shape index (κ2) is 9.28. The Balaban J connectivity index is 1.42. The van der Waals surface area contributed by atoms with Crippen LogP contribution in [-0.2, 0) is 4.79 Å². The third-order valence-corrected chi connectivity index (χ3v) is 8.13. The molecule has 1 aromatic heterocycles. The zero-order valence-corrected chi connectivity index (χ0v) is 19.5. The maximum absolute atomic E-state index is 13.6. The van der Waals surface area contributed by atoms with E-state index in [2.05, 4.69) is 24.2 Å². The average molecular weight is 447 g/mol. The van der Waals surface area contributed by atoms with Crippen LogP contribution in [0.15, 0.2) is 16.8 Å². The van der Waals surface area contributed by atoms with Crippen molar-refractivity contribution in [3.05, 3.63) is 22.4 Å². The van der Waals surface area contributed by atoms with E-state index in [1.54, 1.807) is 0 Å². The van der Waals surface area contributed by atoms with Crippen LogP contribution in [0.2, 0.25) is 0 Å².